The number of ketones is 2. The van der Waals surface area contributed by atoms with E-state index in [1.165, 1.54) is 13.0 Å². The molecule has 8 rings (SSSR count). The zero-order chi connectivity index (χ0) is 22.0. The second-order valence-corrected chi connectivity index (χ2v) is 8.49. The van der Waals surface area contributed by atoms with E-state index >= 15 is 0 Å². The van der Waals surface area contributed by atoms with Gasteiger partial charge in [-0.05, 0) is 12.5 Å². The summed E-state index contributed by atoms with van der Waals surface area (Å²) in [6, 6.07) is 4.60. The van der Waals surface area contributed by atoms with Crippen molar-refractivity contribution in [2.75, 3.05) is 6.61 Å². The SMILES string of the molecule is CC12OCC(O1)c1cccc3c1C(=O)c1c(O)c4c(c(O)c1C3=O)C2[C@@H](O)[C@@H](F)[C@@H]4O. The molecule has 2 aromatic carbocycles. The highest BCUT2D eigenvalue weighted by Gasteiger charge is 2.59. The molecule has 2 aromatic rings. The Morgan fingerprint density at radius 2 is 1.71 bits per heavy atom. The van der Waals surface area contributed by atoms with Crippen LogP contribution in [-0.2, 0) is 9.47 Å². The molecule has 0 radical (unpaired) electrons. The van der Waals surface area contributed by atoms with Crippen LogP contribution in [0, 0.1) is 0 Å². The number of aliphatic hydroxyl groups excluding tert-OH is 2. The van der Waals surface area contributed by atoms with Crippen LogP contribution in [0.4, 0.5) is 4.39 Å². The summed E-state index contributed by atoms with van der Waals surface area (Å²) in [7, 11) is 0. The topological polar surface area (TPSA) is 134 Å². The smallest absolute Gasteiger partial charge is 0.198 e. The average Bonchev–Trinajstić information content (AvgIpc) is 3.13. The maximum atomic E-state index is 15.0. The highest BCUT2D eigenvalue weighted by molar-refractivity contribution is 6.31. The van der Waals surface area contributed by atoms with Crippen LogP contribution in [0.15, 0.2) is 18.2 Å². The molecule has 1 saturated heterocycles. The fourth-order valence-electron chi connectivity index (χ4n) is 5.54. The van der Waals surface area contributed by atoms with E-state index in [1.54, 1.807) is 12.1 Å². The van der Waals surface area contributed by atoms with Gasteiger partial charge in [-0.3, -0.25) is 9.59 Å². The number of benzene rings is 2. The number of hydrogen-bond donors (Lipinski definition) is 4. The number of ether oxygens (including phenoxy) is 2. The van der Waals surface area contributed by atoms with Crippen molar-refractivity contribution < 1.29 is 43.9 Å². The Morgan fingerprint density at radius 1 is 1.03 bits per heavy atom. The van der Waals surface area contributed by atoms with Crippen LogP contribution in [0.3, 0.4) is 0 Å². The Morgan fingerprint density at radius 3 is 2.45 bits per heavy atom. The molecule has 0 spiro atoms. The summed E-state index contributed by atoms with van der Waals surface area (Å²) in [5.74, 6) is -6.04. The van der Waals surface area contributed by atoms with Crippen LogP contribution < -0.4 is 0 Å². The minimum atomic E-state index is -2.27. The van der Waals surface area contributed by atoms with Gasteiger partial charge in [0.25, 0.3) is 0 Å². The Labute approximate surface area is 174 Å². The fourth-order valence-corrected chi connectivity index (χ4v) is 5.54. The van der Waals surface area contributed by atoms with Crippen molar-refractivity contribution in [1.29, 1.82) is 0 Å². The lowest BCUT2D eigenvalue weighted by Crippen LogP contribution is -2.49. The molecule has 6 atom stereocenters. The van der Waals surface area contributed by atoms with Crippen molar-refractivity contribution in [3.05, 3.63) is 57.1 Å². The first kappa shape index (κ1) is 18.9. The van der Waals surface area contributed by atoms with Crippen LogP contribution in [0.1, 0.15) is 73.6 Å². The lowest BCUT2D eigenvalue weighted by atomic mass is 9.69. The third-order valence-electron chi connectivity index (χ3n) is 6.93. The van der Waals surface area contributed by atoms with Crippen molar-refractivity contribution in [3.63, 3.8) is 0 Å². The van der Waals surface area contributed by atoms with Crippen molar-refractivity contribution in [2.45, 2.75) is 43.1 Å². The Balaban J connectivity index is 1.84. The van der Waals surface area contributed by atoms with Gasteiger partial charge in [0.2, 0.25) is 0 Å². The van der Waals surface area contributed by atoms with Crippen LogP contribution in [0.25, 0.3) is 0 Å². The van der Waals surface area contributed by atoms with E-state index in [4.69, 9.17) is 9.47 Å². The van der Waals surface area contributed by atoms with E-state index in [0.717, 1.165) is 0 Å². The van der Waals surface area contributed by atoms with Gasteiger partial charge in [-0.2, -0.15) is 0 Å². The number of carbonyl (C=O) groups excluding carboxylic acids is 2. The van der Waals surface area contributed by atoms with E-state index in [1.807, 2.05) is 0 Å². The molecule has 4 N–H and O–H groups in total. The van der Waals surface area contributed by atoms with E-state index in [9.17, 15) is 34.4 Å². The zero-order valence-corrected chi connectivity index (χ0v) is 16.1. The minimum absolute atomic E-state index is 0.00390. The molecule has 10 bridgehead atoms. The highest BCUT2D eigenvalue weighted by atomic mass is 19.1. The summed E-state index contributed by atoms with van der Waals surface area (Å²) in [4.78, 5) is 26.8. The number of phenols is 2. The number of carbonyl (C=O) groups is 2. The number of aliphatic hydroxyl groups is 2. The lowest BCUT2D eigenvalue weighted by molar-refractivity contribution is -0.204. The van der Waals surface area contributed by atoms with Crippen LogP contribution in [-0.4, -0.2) is 56.7 Å². The normalized spacial score (nSPS) is 34.9. The van der Waals surface area contributed by atoms with Gasteiger partial charge in [-0.15, -0.1) is 0 Å². The third-order valence-corrected chi connectivity index (χ3v) is 6.93. The quantitative estimate of drug-likeness (QED) is 0.396. The summed E-state index contributed by atoms with van der Waals surface area (Å²) >= 11 is 0. The number of phenolic OH excluding ortho intramolecular Hbond substituents is 2. The molecule has 0 aromatic heterocycles. The fraction of sp³-hybridized carbons (Fsp3) is 0.364. The molecule has 9 heteroatoms. The second-order valence-electron chi connectivity index (χ2n) is 8.49. The van der Waals surface area contributed by atoms with E-state index in [2.05, 4.69) is 0 Å². The van der Waals surface area contributed by atoms with Gasteiger partial charge in [-0.1, -0.05) is 18.2 Å². The van der Waals surface area contributed by atoms with E-state index < -0.39 is 75.9 Å². The van der Waals surface area contributed by atoms with Gasteiger partial charge >= 0.3 is 0 Å². The number of hydrogen-bond acceptors (Lipinski definition) is 8. The number of rotatable bonds is 0. The summed E-state index contributed by atoms with van der Waals surface area (Å²) < 4.78 is 26.9. The molecular formula is C22H17FO8. The van der Waals surface area contributed by atoms with Crippen molar-refractivity contribution >= 4 is 11.6 Å². The van der Waals surface area contributed by atoms with E-state index in [-0.39, 0.29) is 23.3 Å². The Hall–Kier alpha value is -2.85. The largest absolute Gasteiger partial charge is 0.507 e. The molecule has 0 amide bonds. The van der Waals surface area contributed by atoms with E-state index in [0.29, 0.717) is 5.56 Å². The third kappa shape index (κ3) is 2.02. The second kappa shape index (κ2) is 5.68. The Kier molecular flexibility index (Phi) is 3.46. The first-order valence-electron chi connectivity index (χ1n) is 9.83. The van der Waals surface area contributed by atoms with Crippen LogP contribution in [0.2, 0.25) is 0 Å². The summed E-state index contributed by atoms with van der Waals surface area (Å²) in [6.45, 7) is 1.39. The van der Waals surface area contributed by atoms with Gasteiger partial charge in [0.1, 0.15) is 29.8 Å². The molecule has 31 heavy (non-hydrogen) atoms. The van der Waals surface area contributed by atoms with Crippen LogP contribution >= 0.6 is 0 Å². The molecule has 160 valence electrons. The molecule has 1 fully saturated rings. The molecule has 8 nitrogen and oxygen atoms in total. The maximum absolute atomic E-state index is 15.0. The molecule has 6 aliphatic rings. The number of alkyl halides is 1. The highest BCUT2D eigenvalue weighted by Crippen LogP contribution is 2.58. The predicted molar refractivity (Wildman–Crippen MR) is 99.9 cm³/mol. The molecule has 0 saturated carbocycles. The van der Waals surface area contributed by atoms with Crippen molar-refractivity contribution in [2.24, 2.45) is 0 Å². The van der Waals surface area contributed by atoms with Gasteiger partial charge < -0.3 is 29.9 Å². The molecule has 4 heterocycles. The predicted octanol–water partition coefficient (Wildman–Crippen LogP) is 1.52. The monoisotopic (exact) mass is 428 g/mol. The maximum Gasteiger partial charge on any atom is 0.198 e. The Bertz CT molecular complexity index is 1220. The first-order chi connectivity index (χ1) is 14.7. The van der Waals surface area contributed by atoms with Crippen molar-refractivity contribution in [1.82, 2.24) is 0 Å². The van der Waals surface area contributed by atoms with Gasteiger partial charge in [0.15, 0.2) is 23.5 Å². The molecular weight excluding hydrogens is 411 g/mol. The van der Waals surface area contributed by atoms with Gasteiger partial charge in [0.05, 0.1) is 23.7 Å². The first-order valence-corrected chi connectivity index (χ1v) is 9.83. The lowest BCUT2D eigenvalue weighted by Gasteiger charge is -2.43. The van der Waals surface area contributed by atoms with Crippen LogP contribution in [0.5, 0.6) is 11.5 Å². The number of aromatic hydroxyl groups is 2. The molecule has 4 aliphatic heterocycles. The molecule has 3 unspecified atom stereocenters. The van der Waals surface area contributed by atoms with Crippen molar-refractivity contribution in [3.8, 4) is 11.5 Å². The van der Waals surface area contributed by atoms with Gasteiger partial charge in [0, 0.05) is 22.3 Å². The molecule has 2 aliphatic carbocycles. The standard InChI is InChI=1S/C22H17FO8/c1-22-14-10-11(20(28)15(23)21(14)29)19(27)13-12(18(10)26)16(24)7-4-2-3-6(9(7)17(13)25)8(31-22)5-30-22/h2-4,8,14-15,20-21,26-29H,5H2,1H3/t8?,14?,15-,20+,21+,22?/m0/s1. The number of halogens is 1. The minimum Gasteiger partial charge on any atom is -0.507 e. The summed E-state index contributed by atoms with van der Waals surface area (Å²) in [5.41, 5.74) is -1.30. The average molecular weight is 428 g/mol. The summed E-state index contributed by atoms with van der Waals surface area (Å²) in [6.07, 6.45) is -7.01. The summed E-state index contributed by atoms with van der Waals surface area (Å²) in [5, 5.41) is 43.4. The zero-order valence-electron chi connectivity index (χ0n) is 16.1. The van der Waals surface area contributed by atoms with Gasteiger partial charge in [-0.25, -0.2) is 4.39 Å².